The number of rotatable bonds is 5. The van der Waals surface area contributed by atoms with Crippen LogP contribution in [0.5, 0.6) is 0 Å². The zero-order chi connectivity index (χ0) is 27.5. The van der Waals surface area contributed by atoms with Gasteiger partial charge in [-0.3, -0.25) is 9.78 Å². The Labute approximate surface area is 176 Å². The lowest BCUT2D eigenvalue weighted by molar-refractivity contribution is 0.0389. The summed E-state index contributed by atoms with van der Waals surface area (Å²) in [5.74, 6) is -2.48. The number of pyridine rings is 1. The molecule has 0 radical (unpaired) electrons. The number of hydrogen-bond acceptors (Lipinski definition) is 2. The van der Waals surface area contributed by atoms with Gasteiger partial charge in [-0.05, 0) is 68.7 Å². The summed E-state index contributed by atoms with van der Waals surface area (Å²) in [6.45, 7) is -5.67. The number of likely N-dealkylation sites (tertiary alicyclic amines) is 1. The average Bonchev–Trinajstić information content (AvgIpc) is 2.78. The number of amides is 1. The molecule has 1 aromatic carbocycles. The topological polar surface area (TPSA) is 33.2 Å². The molecule has 2 heterocycles. The fourth-order valence-corrected chi connectivity index (χ4v) is 2.53. The van der Waals surface area contributed by atoms with Gasteiger partial charge in [-0.2, -0.15) is 0 Å². The second-order valence-corrected chi connectivity index (χ2v) is 6.45. The van der Waals surface area contributed by atoms with Gasteiger partial charge < -0.3 is 4.90 Å². The van der Waals surface area contributed by atoms with E-state index in [0.717, 1.165) is 23.8 Å². The summed E-state index contributed by atoms with van der Waals surface area (Å²) >= 11 is 5.66. The Kier molecular flexibility index (Phi) is 3.43. The predicted molar refractivity (Wildman–Crippen MR) is 102 cm³/mol. The number of carbonyl (C=O) groups is 1. The number of benzene rings is 1. The zero-order valence-corrected chi connectivity index (χ0v) is 15.1. The van der Waals surface area contributed by atoms with E-state index in [-0.39, 0.29) is 10.6 Å². The van der Waals surface area contributed by atoms with Crippen LogP contribution in [0.15, 0.2) is 36.5 Å². The molecule has 1 fully saturated rings. The minimum absolute atomic E-state index is 0.192. The predicted octanol–water partition coefficient (Wildman–Crippen LogP) is 5.15. The Hall–Kier alpha value is -2.01. The van der Waals surface area contributed by atoms with Crippen molar-refractivity contribution < 1.29 is 25.9 Å². The van der Waals surface area contributed by atoms with Gasteiger partial charge in [0, 0.05) is 42.8 Å². The van der Waals surface area contributed by atoms with E-state index in [9.17, 15) is 9.18 Å². The summed E-state index contributed by atoms with van der Waals surface area (Å²) in [6.07, 6.45) is -8.93. The molecule has 1 saturated heterocycles. The van der Waals surface area contributed by atoms with Crippen LogP contribution in [-0.2, 0) is 6.40 Å². The van der Waals surface area contributed by atoms with Gasteiger partial charge >= 0.3 is 0 Å². The van der Waals surface area contributed by atoms with Crippen molar-refractivity contribution in [2.45, 2.75) is 44.6 Å². The Balaban J connectivity index is 2.05. The Bertz CT molecular complexity index is 1140. The minimum atomic E-state index is -3.81. The molecule has 1 atom stereocenters. The van der Waals surface area contributed by atoms with Gasteiger partial charge in [0.2, 0.25) is 0 Å². The van der Waals surface area contributed by atoms with Crippen LogP contribution in [-0.4, -0.2) is 34.5 Å². The number of nitrogens with zero attached hydrogens (tertiary/aromatic N) is 2. The molecule has 0 spiro atoms. The zero-order valence-electron chi connectivity index (χ0n) is 23.4. The molecule has 0 aliphatic carbocycles. The van der Waals surface area contributed by atoms with Gasteiger partial charge in [0.1, 0.15) is 11.5 Å². The first-order valence-corrected chi connectivity index (χ1v) is 8.54. The summed E-state index contributed by atoms with van der Waals surface area (Å²) in [5.41, 5.74) is -3.38. The highest BCUT2D eigenvalue weighted by Gasteiger charge is 2.35. The number of carbonyl (C=O) groups excluding carboxylic acids is 1. The first-order valence-electron chi connectivity index (χ1n) is 12.7. The summed E-state index contributed by atoms with van der Waals surface area (Å²) < 4.78 is 105. The van der Waals surface area contributed by atoms with Crippen molar-refractivity contribution in [3.05, 3.63) is 64.2 Å². The molecule has 3 rings (SSSR count). The van der Waals surface area contributed by atoms with E-state index >= 15 is 4.39 Å². The van der Waals surface area contributed by atoms with E-state index in [0.29, 0.717) is 0 Å². The first-order chi connectivity index (χ1) is 16.3. The summed E-state index contributed by atoms with van der Waals surface area (Å²) in [5, 5.41) is -0.559. The highest BCUT2D eigenvalue weighted by Crippen LogP contribution is 2.32. The second kappa shape index (κ2) is 8.34. The highest BCUT2D eigenvalue weighted by atomic mass is 35.5. The van der Waals surface area contributed by atoms with Gasteiger partial charge in [0.25, 0.3) is 5.91 Å². The van der Waals surface area contributed by atoms with Crippen molar-refractivity contribution >= 4 is 17.5 Å². The molecule has 144 valence electrons. The molecule has 0 N–H and O–H groups in total. The maximum atomic E-state index is 16.5. The lowest BCUT2D eigenvalue weighted by atomic mass is 9.87. The Morgan fingerprint density at radius 3 is 2.74 bits per heavy atom. The molecule has 0 saturated carbocycles. The number of hydrogen-bond donors (Lipinski definition) is 0. The molecule has 1 aliphatic rings. The van der Waals surface area contributed by atoms with Crippen molar-refractivity contribution in [3.63, 3.8) is 0 Å². The normalized spacial score (nSPS) is 29.9. The molecular formula is C21H23ClF2N2O. The SMILES string of the molecule is [2H]C(CCC1(F)C([2H])([2H])C([2H])([2H])N(C(=O)c2ccc(F)c(Cl)c2)C([2H])([2H])C1([2H])[2H])c1ccc(C)cn1. The number of alkyl halides is 1. The molecular weight excluding hydrogens is 370 g/mol. The van der Waals surface area contributed by atoms with E-state index in [1.165, 1.54) is 12.3 Å². The molecule has 27 heavy (non-hydrogen) atoms. The molecule has 2 aromatic rings. The molecule has 1 aromatic heterocycles. The third-order valence-electron chi connectivity index (χ3n) is 3.88. The van der Waals surface area contributed by atoms with E-state index in [2.05, 4.69) is 4.98 Å². The van der Waals surface area contributed by atoms with E-state index < -0.39 is 73.0 Å². The van der Waals surface area contributed by atoms with Crippen LogP contribution in [0.4, 0.5) is 8.78 Å². The van der Waals surface area contributed by atoms with Crippen LogP contribution < -0.4 is 0 Å². The van der Waals surface area contributed by atoms with Crippen molar-refractivity contribution in [2.24, 2.45) is 0 Å². The van der Waals surface area contributed by atoms with Crippen LogP contribution >= 0.6 is 11.6 Å². The number of piperidine rings is 1. The van der Waals surface area contributed by atoms with E-state index in [1.807, 2.05) is 0 Å². The maximum Gasteiger partial charge on any atom is 0.253 e. The lowest BCUT2D eigenvalue weighted by Gasteiger charge is -2.36. The summed E-state index contributed by atoms with van der Waals surface area (Å²) in [4.78, 5) is 16.8. The Morgan fingerprint density at radius 2 is 2.11 bits per heavy atom. The summed E-state index contributed by atoms with van der Waals surface area (Å²) in [7, 11) is 0. The van der Waals surface area contributed by atoms with Crippen LogP contribution in [0.25, 0.3) is 0 Å². The number of halogens is 3. The standard InChI is InChI=1S/C21H23ClF2N2O/c1-15-4-6-17(25-14-15)3-2-8-21(24)9-11-26(12-10-21)20(27)16-5-7-19(23)18(22)13-16/h4-7,13-14H,2-3,8-12H2,1H3/i3D,9D2,10D2,11D2,12D2. The van der Waals surface area contributed by atoms with Crippen molar-refractivity contribution in [1.29, 1.82) is 0 Å². The number of aryl methyl sites for hydroxylation is 2. The largest absolute Gasteiger partial charge is 0.338 e. The van der Waals surface area contributed by atoms with Crippen LogP contribution in [0, 0.1) is 12.7 Å². The van der Waals surface area contributed by atoms with Crippen molar-refractivity contribution in [2.75, 3.05) is 13.0 Å². The lowest BCUT2D eigenvalue weighted by Crippen LogP contribution is -2.44. The second-order valence-electron chi connectivity index (χ2n) is 6.05. The molecule has 3 nitrogen and oxygen atoms in total. The van der Waals surface area contributed by atoms with Crippen LogP contribution in [0.2, 0.25) is 5.02 Å². The maximum absolute atomic E-state index is 16.5. The third-order valence-corrected chi connectivity index (χ3v) is 4.17. The fraction of sp³-hybridized carbons (Fsp3) is 0.429. The average molecular weight is 402 g/mol. The van der Waals surface area contributed by atoms with Crippen molar-refractivity contribution in [3.8, 4) is 0 Å². The van der Waals surface area contributed by atoms with Gasteiger partial charge in [-0.1, -0.05) is 17.7 Å². The summed E-state index contributed by atoms with van der Waals surface area (Å²) in [6, 6.07) is 5.50. The third kappa shape index (κ3) is 5.04. The van der Waals surface area contributed by atoms with Crippen molar-refractivity contribution in [1.82, 2.24) is 9.88 Å². The van der Waals surface area contributed by atoms with E-state index in [1.54, 1.807) is 13.0 Å². The van der Waals surface area contributed by atoms with Gasteiger partial charge in [-0.25, -0.2) is 8.78 Å². The minimum Gasteiger partial charge on any atom is -0.338 e. The van der Waals surface area contributed by atoms with Crippen LogP contribution in [0.1, 0.15) is 59.5 Å². The molecule has 1 amide bonds. The van der Waals surface area contributed by atoms with E-state index in [4.69, 9.17) is 23.9 Å². The van der Waals surface area contributed by atoms with Gasteiger partial charge in [-0.15, -0.1) is 0 Å². The van der Waals surface area contributed by atoms with Crippen LogP contribution in [0.3, 0.4) is 0 Å². The van der Waals surface area contributed by atoms with Gasteiger partial charge in [0.05, 0.1) is 5.02 Å². The smallest absolute Gasteiger partial charge is 0.253 e. The highest BCUT2D eigenvalue weighted by molar-refractivity contribution is 6.31. The first kappa shape index (κ1) is 11.1. The van der Waals surface area contributed by atoms with Gasteiger partial charge in [0.15, 0.2) is 0 Å². The molecule has 6 heteroatoms. The quantitative estimate of drug-likeness (QED) is 0.694. The molecule has 1 unspecified atom stereocenters. The fourth-order valence-electron chi connectivity index (χ4n) is 2.35. The monoisotopic (exact) mass is 401 g/mol. The molecule has 0 bridgehead atoms. The Morgan fingerprint density at radius 1 is 1.37 bits per heavy atom. The number of aromatic nitrogens is 1. The molecule has 1 aliphatic heterocycles.